The lowest BCUT2D eigenvalue weighted by atomic mass is 9.99. The topological polar surface area (TPSA) is 64.7 Å². The molecule has 5 heteroatoms. The van der Waals surface area contributed by atoms with Crippen molar-refractivity contribution >= 4 is 5.69 Å². The van der Waals surface area contributed by atoms with Crippen LogP contribution in [0.1, 0.15) is 17.2 Å². The zero-order valence-corrected chi connectivity index (χ0v) is 11.3. The van der Waals surface area contributed by atoms with Crippen molar-refractivity contribution < 1.29 is 19.0 Å². The molecule has 0 bridgehead atoms. The predicted octanol–water partition coefficient (Wildman–Crippen LogP) is 2.51. The van der Waals surface area contributed by atoms with Crippen LogP contribution in [0.5, 0.6) is 11.5 Å². The summed E-state index contributed by atoms with van der Waals surface area (Å²) < 4.78 is 23.6. The largest absolute Gasteiger partial charge is 0.497 e. The molecule has 0 amide bonds. The van der Waals surface area contributed by atoms with Gasteiger partial charge >= 0.3 is 0 Å². The van der Waals surface area contributed by atoms with Gasteiger partial charge in [-0.3, -0.25) is 0 Å². The fourth-order valence-corrected chi connectivity index (χ4v) is 1.99. The molecule has 0 heterocycles. The van der Waals surface area contributed by atoms with Crippen LogP contribution in [0.4, 0.5) is 10.1 Å². The summed E-state index contributed by atoms with van der Waals surface area (Å²) in [6.07, 6.45) is -1.08. The van der Waals surface area contributed by atoms with Crippen LogP contribution >= 0.6 is 0 Å². The molecule has 0 radical (unpaired) electrons. The van der Waals surface area contributed by atoms with Crippen LogP contribution in [0, 0.1) is 5.82 Å². The molecule has 0 aliphatic rings. The maximum absolute atomic E-state index is 13.3. The number of aliphatic hydroxyl groups is 1. The van der Waals surface area contributed by atoms with Crippen LogP contribution in [0.2, 0.25) is 0 Å². The summed E-state index contributed by atoms with van der Waals surface area (Å²) in [4.78, 5) is 0. The molecule has 0 spiro atoms. The summed E-state index contributed by atoms with van der Waals surface area (Å²) in [5.41, 5.74) is 6.89. The number of nitrogens with two attached hydrogens (primary N) is 1. The molecule has 106 valence electrons. The summed E-state index contributed by atoms with van der Waals surface area (Å²) in [6, 6.07) is 8.88. The second-order valence-corrected chi connectivity index (χ2v) is 4.28. The molecule has 0 saturated heterocycles. The summed E-state index contributed by atoms with van der Waals surface area (Å²) in [6.45, 7) is 0. The number of rotatable bonds is 4. The molecule has 2 rings (SSSR count). The Labute approximate surface area is 116 Å². The number of ether oxygens (including phenoxy) is 2. The van der Waals surface area contributed by atoms with Gasteiger partial charge in [0.1, 0.15) is 23.4 Å². The van der Waals surface area contributed by atoms with E-state index in [4.69, 9.17) is 15.2 Å². The van der Waals surface area contributed by atoms with Crippen molar-refractivity contribution in [2.45, 2.75) is 6.10 Å². The number of nitrogen functional groups attached to an aromatic ring is 1. The molecule has 2 aromatic rings. The van der Waals surface area contributed by atoms with E-state index in [0.29, 0.717) is 28.3 Å². The Bertz CT molecular complexity index is 616. The SMILES string of the molecule is COc1ccc(C(O)c2cc(F)ccc2N)c(OC)c1. The number of hydrogen-bond acceptors (Lipinski definition) is 4. The van der Waals surface area contributed by atoms with Crippen LogP contribution < -0.4 is 15.2 Å². The highest BCUT2D eigenvalue weighted by Crippen LogP contribution is 2.35. The zero-order chi connectivity index (χ0) is 14.7. The van der Waals surface area contributed by atoms with Gasteiger partial charge < -0.3 is 20.3 Å². The average Bonchev–Trinajstić information content (AvgIpc) is 2.48. The molecule has 0 aromatic heterocycles. The second-order valence-electron chi connectivity index (χ2n) is 4.28. The molecule has 0 aliphatic carbocycles. The minimum absolute atomic E-state index is 0.300. The molecule has 1 unspecified atom stereocenters. The van der Waals surface area contributed by atoms with Gasteiger partial charge in [-0.15, -0.1) is 0 Å². The maximum atomic E-state index is 13.3. The van der Waals surface area contributed by atoms with Crippen molar-refractivity contribution in [2.75, 3.05) is 20.0 Å². The van der Waals surface area contributed by atoms with Crippen LogP contribution in [0.3, 0.4) is 0 Å². The monoisotopic (exact) mass is 277 g/mol. The normalized spacial score (nSPS) is 12.0. The third-order valence-corrected chi connectivity index (χ3v) is 3.08. The molecule has 4 nitrogen and oxygen atoms in total. The van der Waals surface area contributed by atoms with Gasteiger partial charge in [-0.1, -0.05) is 0 Å². The minimum Gasteiger partial charge on any atom is -0.497 e. The zero-order valence-electron chi connectivity index (χ0n) is 11.3. The maximum Gasteiger partial charge on any atom is 0.128 e. The molecule has 2 aromatic carbocycles. The van der Waals surface area contributed by atoms with Gasteiger partial charge in [-0.25, -0.2) is 4.39 Å². The Morgan fingerprint density at radius 1 is 1.05 bits per heavy atom. The number of hydrogen-bond donors (Lipinski definition) is 2. The highest BCUT2D eigenvalue weighted by Gasteiger charge is 2.19. The summed E-state index contributed by atoms with van der Waals surface area (Å²) >= 11 is 0. The fraction of sp³-hybridized carbons (Fsp3) is 0.200. The van der Waals surface area contributed by atoms with E-state index < -0.39 is 11.9 Å². The van der Waals surface area contributed by atoms with E-state index in [0.717, 1.165) is 0 Å². The number of halogens is 1. The molecular weight excluding hydrogens is 261 g/mol. The summed E-state index contributed by atoms with van der Waals surface area (Å²) in [7, 11) is 3.02. The first-order chi connectivity index (χ1) is 9.56. The molecule has 3 N–H and O–H groups in total. The number of anilines is 1. The molecule has 0 aliphatic heterocycles. The van der Waals surface area contributed by atoms with Gasteiger partial charge in [-0.05, 0) is 30.3 Å². The highest BCUT2D eigenvalue weighted by molar-refractivity contribution is 5.53. The lowest BCUT2D eigenvalue weighted by Crippen LogP contribution is -2.06. The van der Waals surface area contributed by atoms with Gasteiger partial charge in [0.2, 0.25) is 0 Å². The van der Waals surface area contributed by atoms with E-state index in [1.165, 1.54) is 32.4 Å². The quantitative estimate of drug-likeness (QED) is 0.843. The number of methoxy groups -OCH3 is 2. The fourth-order valence-electron chi connectivity index (χ4n) is 1.99. The van der Waals surface area contributed by atoms with Crippen molar-refractivity contribution in [3.8, 4) is 11.5 Å². The van der Waals surface area contributed by atoms with Crippen LogP contribution in [0.25, 0.3) is 0 Å². The Hall–Kier alpha value is -2.27. The van der Waals surface area contributed by atoms with Gasteiger partial charge in [-0.2, -0.15) is 0 Å². The van der Waals surface area contributed by atoms with Gasteiger partial charge in [0, 0.05) is 22.9 Å². The Morgan fingerprint density at radius 3 is 2.45 bits per heavy atom. The number of aliphatic hydroxyl groups excluding tert-OH is 1. The smallest absolute Gasteiger partial charge is 0.128 e. The second kappa shape index (κ2) is 5.79. The van der Waals surface area contributed by atoms with E-state index in [-0.39, 0.29) is 0 Å². The molecule has 1 atom stereocenters. The molecular formula is C15H16FNO3. The van der Waals surface area contributed by atoms with E-state index in [1.54, 1.807) is 18.2 Å². The Balaban J connectivity index is 2.47. The van der Waals surface area contributed by atoms with Crippen molar-refractivity contribution in [3.05, 3.63) is 53.3 Å². The van der Waals surface area contributed by atoms with Crippen LogP contribution in [-0.4, -0.2) is 19.3 Å². The van der Waals surface area contributed by atoms with Gasteiger partial charge in [0.25, 0.3) is 0 Å². The van der Waals surface area contributed by atoms with E-state index in [1.807, 2.05) is 0 Å². The highest BCUT2D eigenvalue weighted by atomic mass is 19.1. The first kappa shape index (κ1) is 14.1. The van der Waals surface area contributed by atoms with Crippen molar-refractivity contribution in [3.63, 3.8) is 0 Å². The van der Waals surface area contributed by atoms with Gasteiger partial charge in [0.15, 0.2) is 0 Å². The lowest BCUT2D eigenvalue weighted by molar-refractivity contribution is 0.214. The van der Waals surface area contributed by atoms with Crippen LogP contribution in [-0.2, 0) is 0 Å². The van der Waals surface area contributed by atoms with Crippen molar-refractivity contribution in [2.24, 2.45) is 0 Å². The van der Waals surface area contributed by atoms with Crippen molar-refractivity contribution in [1.82, 2.24) is 0 Å². The minimum atomic E-state index is -1.08. The summed E-state index contributed by atoms with van der Waals surface area (Å²) in [5.74, 6) is 0.589. The average molecular weight is 277 g/mol. The summed E-state index contributed by atoms with van der Waals surface area (Å²) in [5, 5.41) is 10.4. The van der Waals surface area contributed by atoms with E-state index in [9.17, 15) is 9.50 Å². The lowest BCUT2D eigenvalue weighted by Gasteiger charge is -2.17. The third kappa shape index (κ3) is 2.67. The van der Waals surface area contributed by atoms with E-state index in [2.05, 4.69) is 0 Å². The van der Waals surface area contributed by atoms with Gasteiger partial charge in [0.05, 0.1) is 14.2 Å². The Kier molecular flexibility index (Phi) is 4.10. The van der Waals surface area contributed by atoms with Crippen molar-refractivity contribution in [1.29, 1.82) is 0 Å². The predicted molar refractivity (Wildman–Crippen MR) is 74.4 cm³/mol. The first-order valence-corrected chi connectivity index (χ1v) is 6.01. The first-order valence-electron chi connectivity index (χ1n) is 6.01. The standard InChI is InChI=1S/C15H16FNO3/c1-19-10-4-5-11(14(8-10)20-2)15(18)12-7-9(16)3-6-13(12)17/h3-8,15,18H,17H2,1-2H3. The Morgan fingerprint density at radius 2 is 1.80 bits per heavy atom. The van der Waals surface area contributed by atoms with E-state index >= 15 is 0 Å². The molecule has 0 saturated carbocycles. The molecule has 20 heavy (non-hydrogen) atoms. The number of benzene rings is 2. The van der Waals surface area contributed by atoms with Crippen LogP contribution in [0.15, 0.2) is 36.4 Å². The third-order valence-electron chi connectivity index (χ3n) is 3.08. The molecule has 0 fully saturated rings.